The zero-order chi connectivity index (χ0) is 21.1. The number of anilines is 1. The number of rotatable bonds is 6. The molecule has 30 heavy (non-hydrogen) atoms. The summed E-state index contributed by atoms with van der Waals surface area (Å²) in [6.45, 7) is 2.54. The minimum absolute atomic E-state index is 0.0177. The highest BCUT2D eigenvalue weighted by molar-refractivity contribution is 9.11. The van der Waals surface area contributed by atoms with Gasteiger partial charge >= 0.3 is 0 Å². The van der Waals surface area contributed by atoms with Crippen molar-refractivity contribution in [2.75, 3.05) is 11.9 Å². The van der Waals surface area contributed by atoms with E-state index in [2.05, 4.69) is 42.5 Å². The second kappa shape index (κ2) is 9.24. The average molecular weight is 501 g/mol. The number of halogens is 1. The van der Waals surface area contributed by atoms with Crippen molar-refractivity contribution in [3.8, 4) is 0 Å². The molecule has 0 unspecified atom stereocenters. The zero-order valence-corrected chi connectivity index (χ0v) is 19.6. The molecule has 3 heterocycles. The van der Waals surface area contributed by atoms with Crippen LogP contribution < -0.4 is 10.6 Å². The van der Waals surface area contributed by atoms with Crippen molar-refractivity contribution >= 4 is 56.2 Å². The molecule has 4 rings (SSSR count). The highest BCUT2D eigenvalue weighted by atomic mass is 79.9. The monoisotopic (exact) mass is 500 g/mol. The first kappa shape index (κ1) is 21.0. The number of nitrogens with one attached hydrogen (secondary N) is 2. The Labute approximate surface area is 193 Å². The van der Waals surface area contributed by atoms with Gasteiger partial charge in [0.2, 0.25) is 5.91 Å². The fourth-order valence-electron chi connectivity index (χ4n) is 3.52. The van der Waals surface area contributed by atoms with E-state index in [1.54, 1.807) is 17.5 Å². The van der Waals surface area contributed by atoms with Gasteiger partial charge in [-0.05, 0) is 71.5 Å². The molecule has 0 bridgehead atoms. The predicted octanol–water partition coefficient (Wildman–Crippen LogP) is 5.22. The molecule has 1 saturated heterocycles. The van der Waals surface area contributed by atoms with Crippen LogP contribution in [0.1, 0.15) is 34.6 Å². The maximum absolute atomic E-state index is 12.5. The number of thiophene rings is 1. The normalized spacial score (nSPS) is 18.3. The number of pyridine rings is 1. The van der Waals surface area contributed by atoms with Crippen molar-refractivity contribution in [1.29, 1.82) is 0 Å². The molecule has 1 aromatic carbocycles. The minimum Gasteiger partial charge on any atom is -0.352 e. The molecule has 1 amide bonds. The SMILES string of the molecule is Cc1ccc(NC(=O)CCN2C(=S)N[C@@H](c3ccccn3)[C@@H]2c2ccc(Br)s2)cc1. The van der Waals surface area contributed by atoms with Crippen LogP contribution in [0, 0.1) is 6.92 Å². The van der Waals surface area contributed by atoms with Gasteiger partial charge < -0.3 is 15.5 Å². The van der Waals surface area contributed by atoms with Crippen LogP contribution in [0.2, 0.25) is 0 Å². The highest BCUT2D eigenvalue weighted by Gasteiger charge is 2.40. The topological polar surface area (TPSA) is 57.3 Å². The molecule has 0 saturated carbocycles. The van der Waals surface area contributed by atoms with Crippen LogP contribution in [0.15, 0.2) is 64.6 Å². The maximum atomic E-state index is 12.5. The summed E-state index contributed by atoms with van der Waals surface area (Å²) in [6, 6.07) is 17.7. The molecule has 8 heteroatoms. The Balaban J connectivity index is 1.51. The van der Waals surface area contributed by atoms with Crippen molar-refractivity contribution < 1.29 is 4.79 Å². The van der Waals surface area contributed by atoms with Crippen molar-refractivity contribution in [3.05, 3.63) is 80.7 Å². The lowest BCUT2D eigenvalue weighted by molar-refractivity contribution is -0.116. The summed E-state index contributed by atoms with van der Waals surface area (Å²) in [7, 11) is 0. The molecule has 0 spiro atoms. The van der Waals surface area contributed by atoms with E-state index in [9.17, 15) is 4.79 Å². The van der Waals surface area contributed by atoms with Gasteiger partial charge in [-0.15, -0.1) is 11.3 Å². The molecule has 1 aliphatic heterocycles. The second-order valence-corrected chi connectivity index (χ2v) is 10.0. The van der Waals surface area contributed by atoms with Crippen LogP contribution >= 0.6 is 39.5 Å². The molecule has 0 aliphatic carbocycles. The quantitative estimate of drug-likeness (QED) is 0.454. The number of benzene rings is 1. The van der Waals surface area contributed by atoms with Gasteiger partial charge in [-0.3, -0.25) is 9.78 Å². The summed E-state index contributed by atoms with van der Waals surface area (Å²) in [4.78, 5) is 20.3. The van der Waals surface area contributed by atoms with E-state index in [1.165, 1.54) is 4.88 Å². The number of carbonyl (C=O) groups excluding carboxylic acids is 1. The van der Waals surface area contributed by atoms with Gasteiger partial charge in [0.1, 0.15) is 0 Å². The van der Waals surface area contributed by atoms with Crippen LogP contribution in [0.25, 0.3) is 0 Å². The first-order valence-electron chi connectivity index (χ1n) is 9.61. The van der Waals surface area contributed by atoms with E-state index in [1.807, 2.05) is 55.5 Å². The van der Waals surface area contributed by atoms with Gasteiger partial charge in [-0.25, -0.2) is 0 Å². The fourth-order valence-corrected chi connectivity index (χ4v) is 5.43. The Hall–Kier alpha value is -2.29. The van der Waals surface area contributed by atoms with Crippen molar-refractivity contribution in [2.45, 2.75) is 25.4 Å². The maximum Gasteiger partial charge on any atom is 0.226 e. The summed E-state index contributed by atoms with van der Waals surface area (Å²) in [5.41, 5.74) is 2.89. The smallest absolute Gasteiger partial charge is 0.226 e. The minimum atomic E-state index is -0.0654. The van der Waals surface area contributed by atoms with E-state index in [4.69, 9.17) is 12.2 Å². The average Bonchev–Trinajstić information content (AvgIpc) is 3.31. The van der Waals surface area contributed by atoms with E-state index in [0.29, 0.717) is 18.1 Å². The zero-order valence-electron chi connectivity index (χ0n) is 16.3. The molecular formula is C22H21BrN4OS2. The molecule has 154 valence electrons. The third-order valence-electron chi connectivity index (χ3n) is 5.00. The van der Waals surface area contributed by atoms with E-state index < -0.39 is 0 Å². The van der Waals surface area contributed by atoms with Gasteiger partial charge in [0.25, 0.3) is 0 Å². The number of hydrogen-bond acceptors (Lipinski definition) is 4. The van der Waals surface area contributed by atoms with E-state index in [-0.39, 0.29) is 18.0 Å². The number of carbonyl (C=O) groups is 1. The Morgan fingerprint density at radius 1 is 1.23 bits per heavy atom. The predicted molar refractivity (Wildman–Crippen MR) is 129 cm³/mol. The molecule has 0 radical (unpaired) electrons. The third-order valence-corrected chi connectivity index (χ3v) is 7.05. The van der Waals surface area contributed by atoms with Crippen molar-refractivity contribution in [2.24, 2.45) is 0 Å². The van der Waals surface area contributed by atoms with Gasteiger partial charge in [-0.1, -0.05) is 23.8 Å². The standard InChI is InChI=1S/C22H21BrN4OS2/c1-14-5-7-15(8-6-14)25-19(28)11-13-27-21(17-9-10-18(23)30-17)20(26-22(27)29)16-4-2-3-12-24-16/h2-10,12,20-21H,11,13H2,1H3,(H,25,28)(H,26,29)/t20-,21-/m0/s1. The number of aromatic nitrogens is 1. The van der Waals surface area contributed by atoms with E-state index >= 15 is 0 Å². The molecule has 2 atom stereocenters. The van der Waals surface area contributed by atoms with Crippen LogP contribution in [0.4, 0.5) is 5.69 Å². The summed E-state index contributed by atoms with van der Waals surface area (Å²) in [5.74, 6) is -0.0333. The number of aryl methyl sites for hydroxylation is 1. The molecule has 2 aromatic heterocycles. The lowest BCUT2D eigenvalue weighted by Gasteiger charge is -2.26. The van der Waals surface area contributed by atoms with Gasteiger partial charge in [-0.2, -0.15) is 0 Å². The number of amides is 1. The second-order valence-electron chi connectivity index (χ2n) is 7.13. The van der Waals surface area contributed by atoms with Crippen molar-refractivity contribution in [3.63, 3.8) is 0 Å². The Kier molecular flexibility index (Phi) is 6.46. The summed E-state index contributed by atoms with van der Waals surface area (Å²) >= 11 is 10.9. The largest absolute Gasteiger partial charge is 0.352 e. The Bertz CT molecular complexity index is 1040. The van der Waals surface area contributed by atoms with Gasteiger partial charge in [0.15, 0.2) is 5.11 Å². The van der Waals surface area contributed by atoms with Crippen molar-refractivity contribution in [1.82, 2.24) is 15.2 Å². The Morgan fingerprint density at radius 3 is 2.70 bits per heavy atom. The van der Waals surface area contributed by atoms with E-state index in [0.717, 1.165) is 20.7 Å². The van der Waals surface area contributed by atoms with Crippen LogP contribution in [-0.4, -0.2) is 27.4 Å². The van der Waals surface area contributed by atoms with Crippen LogP contribution in [-0.2, 0) is 4.79 Å². The van der Waals surface area contributed by atoms with Gasteiger partial charge in [0, 0.05) is 29.7 Å². The number of nitrogens with zero attached hydrogens (tertiary/aromatic N) is 2. The van der Waals surface area contributed by atoms with Crippen LogP contribution in [0.3, 0.4) is 0 Å². The first-order valence-corrected chi connectivity index (χ1v) is 11.6. The molecule has 5 nitrogen and oxygen atoms in total. The van der Waals surface area contributed by atoms with Crippen LogP contribution in [0.5, 0.6) is 0 Å². The summed E-state index contributed by atoms with van der Waals surface area (Å²) in [5, 5.41) is 7.02. The first-order chi connectivity index (χ1) is 14.5. The number of hydrogen-bond donors (Lipinski definition) is 2. The lowest BCUT2D eigenvalue weighted by atomic mass is 10.0. The Morgan fingerprint density at radius 2 is 2.03 bits per heavy atom. The lowest BCUT2D eigenvalue weighted by Crippen LogP contribution is -2.32. The van der Waals surface area contributed by atoms with Gasteiger partial charge in [0.05, 0.1) is 21.6 Å². The molecular weight excluding hydrogens is 480 g/mol. The summed E-state index contributed by atoms with van der Waals surface area (Å²) in [6.07, 6.45) is 2.13. The molecule has 1 fully saturated rings. The third kappa shape index (κ3) is 4.71. The fraction of sp³-hybridized carbons (Fsp3) is 0.227. The molecule has 1 aliphatic rings. The number of thiocarbonyl (C=S) groups is 1. The highest BCUT2D eigenvalue weighted by Crippen LogP contribution is 2.42. The molecule has 2 N–H and O–H groups in total. The molecule has 3 aromatic rings. The summed E-state index contributed by atoms with van der Waals surface area (Å²) < 4.78 is 1.06.